The number of rotatable bonds is 5. The van der Waals surface area contributed by atoms with E-state index in [0.717, 1.165) is 33.2 Å². The second-order valence-electron chi connectivity index (χ2n) is 13.4. The number of hydrogen-bond donors (Lipinski definition) is 1. The van der Waals surface area contributed by atoms with Crippen molar-refractivity contribution in [3.8, 4) is 62.2 Å². The number of aromatic nitrogens is 3. The van der Waals surface area contributed by atoms with Crippen LogP contribution in [0.4, 0.5) is 0 Å². The molecule has 4 nitrogen and oxygen atoms in total. The Balaban J connectivity index is 1.11. The molecule has 0 spiro atoms. The first-order valence-electron chi connectivity index (χ1n) is 17.7. The Kier molecular flexibility index (Phi) is 7.26. The van der Waals surface area contributed by atoms with Crippen LogP contribution in [-0.4, -0.2) is 20.1 Å². The van der Waals surface area contributed by atoms with Gasteiger partial charge in [-0.2, -0.15) is 0 Å². The van der Waals surface area contributed by atoms with Crippen molar-refractivity contribution in [1.29, 1.82) is 0 Å². The van der Waals surface area contributed by atoms with Gasteiger partial charge in [0, 0.05) is 22.3 Å². The molecule has 1 aromatic heterocycles. The standard InChI is InChI=1S/C49H31N3O/c53-45-20-10-19-43(46(45)33-24-21-32(22-25-33)44-30-35-14-5-7-16-39(35)41-17-8-9-18-42(41)44)49-51-47(34-12-2-1-3-13-34)50-48(52-49)37-27-28-40-36(29-37)26-23-31-11-4-6-15-38(31)40/h1-30,53H. The summed E-state index contributed by atoms with van der Waals surface area (Å²) >= 11 is 0. The molecule has 1 heterocycles. The van der Waals surface area contributed by atoms with E-state index in [0.29, 0.717) is 23.0 Å². The normalized spacial score (nSPS) is 11.5. The van der Waals surface area contributed by atoms with Gasteiger partial charge < -0.3 is 5.11 Å². The van der Waals surface area contributed by atoms with E-state index >= 15 is 0 Å². The quantitative estimate of drug-likeness (QED) is 0.184. The Morgan fingerprint density at radius 3 is 1.64 bits per heavy atom. The minimum Gasteiger partial charge on any atom is -0.507 e. The lowest BCUT2D eigenvalue weighted by atomic mass is 9.91. The highest BCUT2D eigenvalue weighted by Crippen LogP contribution is 2.41. The highest BCUT2D eigenvalue weighted by atomic mass is 16.3. The van der Waals surface area contributed by atoms with Crippen LogP contribution in [0.2, 0.25) is 0 Å². The van der Waals surface area contributed by atoms with Crippen molar-refractivity contribution >= 4 is 43.1 Å². The number of phenols is 1. The number of benzene rings is 9. The van der Waals surface area contributed by atoms with Crippen LogP contribution in [0.15, 0.2) is 182 Å². The summed E-state index contributed by atoms with van der Waals surface area (Å²) in [5.74, 6) is 1.78. The predicted molar refractivity (Wildman–Crippen MR) is 219 cm³/mol. The molecule has 248 valence electrons. The number of fused-ring (bicyclic) bond motifs is 6. The predicted octanol–water partition coefficient (Wildman–Crippen LogP) is 12.5. The largest absolute Gasteiger partial charge is 0.507 e. The van der Waals surface area contributed by atoms with Gasteiger partial charge in [0.2, 0.25) is 0 Å². The lowest BCUT2D eigenvalue weighted by molar-refractivity contribution is 0.477. The summed E-state index contributed by atoms with van der Waals surface area (Å²) in [5.41, 5.74) is 6.31. The molecule has 0 amide bonds. The van der Waals surface area contributed by atoms with Crippen molar-refractivity contribution < 1.29 is 5.11 Å². The van der Waals surface area contributed by atoms with Crippen LogP contribution in [0, 0.1) is 0 Å². The molecule has 0 aliphatic carbocycles. The van der Waals surface area contributed by atoms with Crippen molar-refractivity contribution in [1.82, 2.24) is 15.0 Å². The molecule has 4 heteroatoms. The number of nitrogens with zero attached hydrogens (tertiary/aromatic N) is 3. The summed E-state index contributed by atoms with van der Waals surface area (Å²) in [6.07, 6.45) is 0. The van der Waals surface area contributed by atoms with E-state index in [-0.39, 0.29) is 5.75 Å². The first-order valence-corrected chi connectivity index (χ1v) is 17.7. The molecule has 1 N–H and O–H groups in total. The van der Waals surface area contributed by atoms with Gasteiger partial charge >= 0.3 is 0 Å². The van der Waals surface area contributed by atoms with Crippen molar-refractivity contribution in [2.75, 3.05) is 0 Å². The van der Waals surface area contributed by atoms with Gasteiger partial charge in [0.15, 0.2) is 17.5 Å². The fourth-order valence-corrected chi connectivity index (χ4v) is 7.63. The molecule has 0 aliphatic rings. The molecule has 10 rings (SSSR count). The minimum absolute atomic E-state index is 0.159. The van der Waals surface area contributed by atoms with Crippen LogP contribution in [0.5, 0.6) is 5.75 Å². The lowest BCUT2D eigenvalue weighted by Gasteiger charge is -2.15. The van der Waals surface area contributed by atoms with Crippen LogP contribution in [-0.2, 0) is 0 Å². The molecule has 0 fully saturated rings. The highest BCUT2D eigenvalue weighted by Gasteiger charge is 2.19. The maximum Gasteiger partial charge on any atom is 0.164 e. The molecule has 0 radical (unpaired) electrons. The molecule has 0 bridgehead atoms. The SMILES string of the molecule is Oc1cccc(-c2nc(-c3ccccc3)nc(-c3ccc4c(ccc5ccccc54)c3)n2)c1-c1ccc(-c2cc3ccccc3c3ccccc23)cc1. The third-order valence-corrected chi connectivity index (χ3v) is 10.2. The first kappa shape index (κ1) is 30.6. The van der Waals surface area contributed by atoms with Gasteiger partial charge in [0.1, 0.15) is 5.75 Å². The van der Waals surface area contributed by atoms with Gasteiger partial charge in [-0.05, 0) is 78.0 Å². The molecular formula is C49H31N3O. The van der Waals surface area contributed by atoms with Crippen LogP contribution in [0.1, 0.15) is 0 Å². The van der Waals surface area contributed by atoms with Gasteiger partial charge in [-0.15, -0.1) is 0 Å². The van der Waals surface area contributed by atoms with E-state index in [1.807, 2.05) is 42.5 Å². The molecule has 0 aliphatic heterocycles. The fraction of sp³-hybridized carbons (Fsp3) is 0. The third-order valence-electron chi connectivity index (χ3n) is 10.2. The minimum atomic E-state index is 0.159. The zero-order chi connectivity index (χ0) is 35.3. The molecule has 0 unspecified atom stereocenters. The Bertz CT molecular complexity index is 3010. The van der Waals surface area contributed by atoms with Crippen LogP contribution in [0.25, 0.3) is 99.5 Å². The molecule has 10 aromatic rings. The van der Waals surface area contributed by atoms with Crippen molar-refractivity contribution in [2.24, 2.45) is 0 Å². The van der Waals surface area contributed by atoms with E-state index in [2.05, 4.69) is 133 Å². The maximum absolute atomic E-state index is 11.5. The average molecular weight is 678 g/mol. The van der Waals surface area contributed by atoms with Crippen molar-refractivity contribution in [3.05, 3.63) is 182 Å². The number of phenolic OH excluding ortho intramolecular Hbond substituents is 1. The molecule has 9 aromatic carbocycles. The van der Waals surface area contributed by atoms with Gasteiger partial charge in [0.25, 0.3) is 0 Å². The molecule has 53 heavy (non-hydrogen) atoms. The second kappa shape index (κ2) is 12.6. The highest BCUT2D eigenvalue weighted by molar-refractivity contribution is 6.14. The van der Waals surface area contributed by atoms with Crippen LogP contribution in [0.3, 0.4) is 0 Å². The van der Waals surface area contributed by atoms with Crippen LogP contribution < -0.4 is 0 Å². The fourth-order valence-electron chi connectivity index (χ4n) is 7.63. The van der Waals surface area contributed by atoms with Gasteiger partial charge in [0.05, 0.1) is 0 Å². The Morgan fingerprint density at radius 2 is 0.849 bits per heavy atom. The van der Waals surface area contributed by atoms with Gasteiger partial charge in [-0.1, -0.05) is 164 Å². The van der Waals surface area contributed by atoms with Crippen molar-refractivity contribution in [3.63, 3.8) is 0 Å². The van der Waals surface area contributed by atoms with E-state index in [9.17, 15) is 5.11 Å². The average Bonchev–Trinajstić information content (AvgIpc) is 3.23. The van der Waals surface area contributed by atoms with Gasteiger partial charge in [-0.3, -0.25) is 0 Å². The second-order valence-corrected chi connectivity index (χ2v) is 13.4. The smallest absolute Gasteiger partial charge is 0.164 e. The third kappa shape index (κ3) is 5.36. The summed E-state index contributed by atoms with van der Waals surface area (Å²) in [5, 5.41) is 21.0. The van der Waals surface area contributed by atoms with Gasteiger partial charge in [-0.25, -0.2) is 15.0 Å². The molecule has 0 atom stereocenters. The van der Waals surface area contributed by atoms with Crippen molar-refractivity contribution in [2.45, 2.75) is 0 Å². The molecule has 0 saturated heterocycles. The van der Waals surface area contributed by atoms with Crippen LogP contribution >= 0.6 is 0 Å². The van der Waals surface area contributed by atoms with E-state index in [1.165, 1.54) is 43.3 Å². The lowest BCUT2D eigenvalue weighted by Crippen LogP contribution is -2.01. The Labute approximate surface area is 306 Å². The maximum atomic E-state index is 11.5. The number of hydrogen-bond acceptors (Lipinski definition) is 4. The topological polar surface area (TPSA) is 58.9 Å². The zero-order valence-corrected chi connectivity index (χ0v) is 28.6. The monoisotopic (exact) mass is 677 g/mol. The van der Waals surface area contributed by atoms with E-state index in [4.69, 9.17) is 15.0 Å². The summed E-state index contributed by atoms with van der Waals surface area (Å²) in [4.78, 5) is 15.1. The summed E-state index contributed by atoms with van der Waals surface area (Å²) in [6.45, 7) is 0. The van der Waals surface area contributed by atoms with E-state index in [1.54, 1.807) is 6.07 Å². The summed E-state index contributed by atoms with van der Waals surface area (Å²) in [7, 11) is 0. The molecule has 0 saturated carbocycles. The van der Waals surface area contributed by atoms with E-state index < -0.39 is 0 Å². The first-order chi connectivity index (χ1) is 26.2. The summed E-state index contributed by atoms with van der Waals surface area (Å²) < 4.78 is 0. The summed E-state index contributed by atoms with van der Waals surface area (Å²) in [6, 6.07) is 62.4. The molecular weight excluding hydrogens is 647 g/mol. The Hall–Kier alpha value is -7.17. The zero-order valence-electron chi connectivity index (χ0n) is 28.6. The number of aromatic hydroxyl groups is 1. The Morgan fingerprint density at radius 1 is 0.302 bits per heavy atom.